The maximum Gasteiger partial charge on any atom is 0.340 e. The number of hydrogen-bond acceptors (Lipinski definition) is 4. The Morgan fingerprint density at radius 2 is 2.15 bits per heavy atom. The van der Waals surface area contributed by atoms with Gasteiger partial charge in [0.05, 0.1) is 30.7 Å². The first-order valence-corrected chi connectivity index (χ1v) is 6.51. The van der Waals surface area contributed by atoms with E-state index in [9.17, 15) is 4.79 Å². The van der Waals surface area contributed by atoms with Gasteiger partial charge in [-0.2, -0.15) is 0 Å². The summed E-state index contributed by atoms with van der Waals surface area (Å²) in [6.45, 7) is 2.28. The molecule has 0 saturated carbocycles. The molecule has 2 aromatic rings. The number of carbonyl (C=O) groups is 1. The molecule has 102 valence electrons. The molecule has 0 N–H and O–H groups in total. The van der Waals surface area contributed by atoms with Crippen LogP contribution in [-0.2, 0) is 11.2 Å². The highest BCUT2D eigenvalue weighted by Gasteiger charge is 2.22. The Labute approximate surface area is 117 Å². The van der Waals surface area contributed by atoms with Crippen molar-refractivity contribution in [1.82, 2.24) is 4.98 Å². The second kappa shape index (κ2) is 4.96. The van der Waals surface area contributed by atoms with E-state index in [1.54, 1.807) is 7.11 Å². The zero-order valence-electron chi connectivity index (χ0n) is 11.5. The summed E-state index contributed by atoms with van der Waals surface area (Å²) in [5.74, 6) is 0.521. The number of pyridine rings is 1. The number of carbonyl (C=O) groups excluding carboxylic acids is 1. The van der Waals surface area contributed by atoms with Crippen molar-refractivity contribution in [2.45, 2.75) is 13.3 Å². The lowest BCUT2D eigenvalue weighted by atomic mass is 9.99. The van der Waals surface area contributed by atoms with Crippen LogP contribution in [0.1, 0.15) is 21.6 Å². The van der Waals surface area contributed by atoms with Crippen LogP contribution in [-0.4, -0.2) is 24.7 Å². The van der Waals surface area contributed by atoms with Gasteiger partial charge in [-0.05, 0) is 30.7 Å². The third-order valence-electron chi connectivity index (χ3n) is 3.46. The number of benzene rings is 1. The van der Waals surface area contributed by atoms with E-state index in [0.717, 1.165) is 29.0 Å². The van der Waals surface area contributed by atoms with Gasteiger partial charge < -0.3 is 9.47 Å². The van der Waals surface area contributed by atoms with Crippen LogP contribution >= 0.6 is 0 Å². The van der Waals surface area contributed by atoms with E-state index < -0.39 is 0 Å². The van der Waals surface area contributed by atoms with Crippen LogP contribution in [0.4, 0.5) is 0 Å². The average Bonchev–Trinajstić information content (AvgIpc) is 2.47. The normalized spacial score (nSPS) is 13.6. The van der Waals surface area contributed by atoms with Crippen molar-refractivity contribution in [2.75, 3.05) is 13.7 Å². The number of methoxy groups -OCH3 is 1. The molecule has 3 rings (SSSR count). The highest BCUT2D eigenvalue weighted by Crippen LogP contribution is 2.27. The summed E-state index contributed by atoms with van der Waals surface area (Å²) in [5.41, 5.74) is 4.17. The van der Waals surface area contributed by atoms with Crippen molar-refractivity contribution < 1.29 is 14.3 Å². The lowest BCUT2D eigenvalue weighted by Crippen LogP contribution is -2.20. The van der Waals surface area contributed by atoms with Crippen LogP contribution in [0.3, 0.4) is 0 Å². The Balaban J connectivity index is 2.11. The first-order chi connectivity index (χ1) is 9.69. The average molecular weight is 269 g/mol. The number of aromatic nitrogens is 1. The van der Waals surface area contributed by atoms with Gasteiger partial charge in [0.1, 0.15) is 5.75 Å². The standard InChI is InChI=1S/C16H15NO3/c1-10-15-12(6-7-20-16(15)18)9-14(17-10)11-4-3-5-13(8-11)19-2/h3-5,8-9H,6-7H2,1-2H3. The van der Waals surface area contributed by atoms with E-state index in [0.29, 0.717) is 17.9 Å². The molecule has 1 aliphatic rings. The Morgan fingerprint density at radius 1 is 1.30 bits per heavy atom. The van der Waals surface area contributed by atoms with Gasteiger partial charge in [-0.1, -0.05) is 12.1 Å². The lowest BCUT2D eigenvalue weighted by molar-refractivity contribution is 0.0478. The third-order valence-corrected chi connectivity index (χ3v) is 3.46. The minimum absolute atomic E-state index is 0.270. The predicted octanol–water partition coefficient (Wildman–Crippen LogP) is 2.78. The van der Waals surface area contributed by atoms with Gasteiger partial charge in [0.25, 0.3) is 0 Å². The number of rotatable bonds is 2. The first kappa shape index (κ1) is 12.7. The minimum atomic E-state index is -0.270. The van der Waals surface area contributed by atoms with Gasteiger partial charge >= 0.3 is 5.97 Å². The molecule has 0 bridgehead atoms. The molecule has 0 saturated heterocycles. The van der Waals surface area contributed by atoms with Crippen LogP contribution < -0.4 is 4.74 Å². The zero-order valence-corrected chi connectivity index (χ0v) is 11.5. The molecule has 0 radical (unpaired) electrons. The molecule has 1 aromatic carbocycles. The fourth-order valence-electron chi connectivity index (χ4n) is 2.47. The predicted molar refractivity (Wildman–Crippen MR) is 74.9 cm³/mol. The Bertz CT molecular complexity index is 679. The molecule has 0 atom stereocenters. The Hall–Kier alpha value is -2.36. The van der Waals surface area contributed by atoms with Crippen LogP contribution in [0.5, 0.6) is 5.75 Å². The van der Waals surface area contributed by atoms with Gasteiger partial charge in [-0.15, -0.1) is 0 Å². The molecule has 4 nitrogen and oxygen atoms in total. The van der Waals surface area contributed by atoms with E-state index in [1.165, 1.54) is 0 Å². The summed E-state index contributed by atoms with van der Waals surface area (Å²) in [6.07, 6.45) is 0.738. The minimum Gasteiger partial charge on any atom is -0.497 e. The summed E-state index contributed by atoms with van der Waals surface area (Å²) >= 11 is 0. The van der Waals surface area contributed by atoms with Crippen LogP contribution in [0.2, 0.25) is 0 Å². The lowest BCUT2D eigenvalue weighted by Gasteiger charge is -2.18. The van der Waals surface area contributed by atoms with Gasteiger partial charge in [0.15, 0.2) is 0 Å². The number of aryl methyl sites for hydroxylation is 1. The van der Waals surface area contributed by atoms with Crippen molar-refractivity contribution in [2.24, 2.45) is 0 Å². The van der Waals surface area contributed by atoms with E-state index >= 15 is 0 Å². The number of fused-ring (bicyclic) bond motifs is 1. The van der Waals surface area contributed by atoms with Crippen molar-refractivity contribution in [3.05, 3.63) is 47.2 Å². The molecular weight excluding hydrogens is 254 g/mol. The second-order valence-electron chi connectivity index (χ2n) is 4.74. The molecule has 0 spiro atoms. The topological polar surface area (TPSA) is 48.4 Å². The van der Waals surface area contributed by atoms with Gasteiger partial charge in [0, 0.05) is 12.0 Å². The summed E-state index contributed by atoms with van der Waals surface area (Å²) in [7, 11) is 1.64. The molecule has 20 heavy (non-hydrogen) atoms. The van der Waals surface area contributed by atoms with E-state index in [-0.39, 0.29) is 5.97 Å². The molecule has 0 amide bonds. The van der Waals surface area contributed by atoms with E-state index in [2.05, 4.69) is 4.98 Å². The summed E-state index contributed by atoms with van der Waals surface area (Å²) < 4.78 is 10.3. The SMILES string of the molecule is COc1cccc(-c2cc3c(c(C)n2)C(=O)OCC3)c1. The maximum absolute atomic E-state index is 11.8. The van der Waals surface area contributed by atoms with Gasteiger partial charge in [0.2, 0.25) is 0 Å². The van der Waals surface area contributed by atoms with Crippen molar-refractivity contribution >= 4 is 5.97 Å². The molecule has 1 aromatic heterocycles. The summed E-state index contributed by atoms with van der Waals surface area (Å²) in [5, 5.41) is 0. The van der Waals surface area contributed by atoms with Gasteiger partial charge in [-0.3, -0.25) is 4.98 Å². The number of nitrogens with zero attached hydrogens (tertiary/aromatic N) is 1. The molecule has 2 heterocycles. The van der Waals surface area contributed by atoms with Crippen LogP contribution in [0, 0.1) is 6.92 Å². The van der Waals surface area contributed by atoms with E-state index in [1.807, 2.05) is 37.3 Å². The number of esters is 1. The van der Waals surface area contributed by atoms with Crippen LogP contribution in [0.25, 0.3) is 11.3 Å². The molecule has 0 unspecified atom stereocenters. The molecule has 1 aliphatic heterocycles. The fourth-order valence-corrected chi connectivity index (χ4v) is 2.47. The largest absolute Gasteiger partial charge is 0.497 e. The van der Waals surface area contributed by atoms with Crippen molar-refractivity contribution in [1.29, 1.82) is 0 Å². The third kappa shape index (κ3) is 2.13. The number of hydrogen-bond donors (Lipinski definition) is 0. The molecular formula is C16H15NO3. The Morgan fingerprint density at radius 3 is 2.95 bits per heavy atom. The van der Waals surface area contributed by atoms with Crippen LogP contribution in [0.15, 0.2) is 30.3 Å². The fraction of sp³-hybridized carbons (Fsp3) is 0.250. The molecule has 4 heteroatoms. The van der Waals surface area contributed by atoms with Crippen molar-refractivity contribution in [3.8, 4) is 17.0 Å². The Kier molecular flexibility index (Phi) is 3.14. The zero-order chi connectivity index (χ0) is 14.1. The first-order valence-electron chi connectivity index (χ1n) is 6.51. The second-order valence-corrected chi connectivity index (χ2v) is 4.74. The van der Waals surface area contributed by atoms with E-state index in [4.69, 9.17) is 9.47 Å². The number of cyclic esters (lactones) is 1. The molecule has 0 fully saturated rings. The summed E-state index contributed by atoms with van der Waals surface area (Å²) in [6, 6.07) is 9.72. The highest BCUT2D eigenvalue weighted by molar-refractivity contribution is 5.93. The maximum atomic E-state index is 11.8. The monoisotopic (exact) mass is 269 g/mol. The molecule has 0 aliphatic carbocycles. The van der Waals surface area contributed by atoms with Gasteiger partial charge in [-0.25, -0.2) is 4.79 Å². The van der Waals surface area contributed by atoms with Crippen molar-refractivity contribution in [3.63, 3.8) is 0 Å². The summed E-state index contributed by atoms with van der Waals surface area (Å²) in [4.78, 5) is 16.3. The quantitative estimate of drug-likeness (QED) is 0.787. The highest BCUT2D eigenvalue weighted by atomic mass is 16.5. The number of ether oxygens (including phenoxy) is 2. The smallest absolute Gasteiger partial charge is 0.340 e.